The number of alkyl halides is 6. The summed E-state index contributed by atoms with van der Waals surface area (Å²) in [6.45, 7) is 0.285. The second-order valence-corrected chi connectivity index (χ2v) is 10.7. The van der Waals surface area contributed by atoms with Gasteiger partial charge in [-0.3, -0.25) is 4.90 Å². The Kier molecular flexibility index (Phi) is 7.19. The quantitative estimate of drug-likeness (QED) is 0.222. The average molecular weight is 592 g/mol. The largest absolute Gasteiger partial charge is 0.494 e. The smallest absolute Gasteiger partial charge is 0.416 e. The molecule has 2 saturated carbocycles. The van der Waals surface area contributed by atoms with Gasteiger partial charge in [0, 0.05) is 37.1 Å². The van der Waals surface area contributed by atoms with E-state index in [1.807, 2.05) is 24.3 Å². The van der Waals surface area contributed by atoms with E-state index in [0.29, 0.717) is 42.0 Å². The van der Waals surface area contributed by atoms with Gasteiger partial charge in [-0.05, 0) is 72.4 Å². The number of rotatable bonds is 10. The molecule has 2 heterocycles. The third kappa shape index (κ3) is 6.13. The summed E-state index contributed by atoms with van der Waals surface area (Å²) in [5, 5.41) is 14.7. The molecule has 0 atom stereocenters. The number of halogens is 6. The van der Waals surface area contributed by atoms with Crippen molar-refractivity contribution in [3.05, 3.63) is 70.4 Å². The first kappa shape index (κ1) is 28.2. The zero-order valence-electron chi connectivity index (χ0n) is 22.5. The van der Waals surface area contributed by atoms with Crippen LogP contribution in [0.5, 0.6) is 5.75 Å². The number of benzene rings is 2. The molecule has 42 heavy (non-hydrogen) atoms. The molecule has 0 spiro atoms. The van der Waals surface area contributed by atoms with Crippen LogP contribution < -0.4 is 9.64 Å². The van der Waals surface area contributed by atoms with Crippen molar-refractivity contribution in [3.63, 3.8) is 0 Å². The van der Waals surface area contributed by atoms with Crippen molar-refractivity contribution in [2.24, 2.45) is 0 Å². The van der Waals surface area contributed by atoms with E-state index in [1.54, 1.807) is 7.11 Å². The number of methoxy groups -OCH3 is 1. The first-order valence-electron chi connectivity index (χ1n) is 13.5. The fourth-order valence-corrected chi connectivity index (χ4v) is 5.26. The lowest BCUT2D eigenvalue weighted by molar-refractivity contribution is -0.143. The topological polar surface area (TPSA) is 83.1 Å². The van der Waals surface area contributed by atoms with Gasteiger partial charge < -0.3 is 9.64 Å². The lowest BCUT2D eigenvalue weighted by atomic mass is 10.0. The van der Waals surface area contributed by atoms with E-state index >= 15 is 0 Å². The van der Waals surface area contributed by atoms with Gasteiger partial charge in [0.1, 0.15) is 11.3 Å². The predicted molar refractivity (Wildman–Crippen MR) is 140 cm³/mol. The van der Waals surface area contributed by atoms with E-state index in [-0.39, 0.29) is 30.7 Å². The summed E-state index contributed by atoms with van der Waals surface area (Å²) in [5.41, 5.74) is -0.801. The van der Waals surface area contributed by atoms with E-state index in [4.69, 9.17) is 9.72 Å². The lowest BCUT2D eigenvalue weighted by Crippen LogP contribution is -2.30. The average Bonchev–Trinajstić information content (AvgIpc) is 3.89. The number of ether oxygens (including phenoxy) is 1. The van der Waals surface area contributed by atoms with Gasteiger partial charge in [0.05, 0.1) is 23.9 Å². The van der Waals surface area contributed by atoms with Crippen molar-refractivity contribution in [1.82, 2.24) is 30.5 Å². The van der Waals surface area contributed by atoms with Gasteiger partial charge in [-0.15, -0.1) is 5.10 Å². The van der Waals surface area contributed by atoms with Crippen LogP contribution in [-0.4, -0.2) is 49.7 Å². The highest BCUT2D eigenvalue weighted by Gasteiger charge is 2.40. The van der Waals surface area contributed by atoms with Crippen LogP contribution in [-0.2, 0) is 32.0 Å². The molecular weight excluding hydrogens is 564 g/mol. The number of anilines is 1. The summed E-state index contributed by atoms with van der Waals surface area (Å²) in [6.07, 6.45) is -5.50. The Labute approximate surface area is 236 Å². The summed E-state index contributed by atoms with van der Waals surface area (Å²) in [7, 11) is 1.56. The number of H-pyrrole nitrogens is 1. The predicted octanol–water partition coefficient (Wildman–Crippen LogP) is 6.13. The number of aromatic amines is 1. The Morgan fingerprint density at radius 3 is 2.10 bits per heavy atom. The Morgan fingerprint density at radius 2 is 1.55 bits per heavy atom. The standard InChI is InChI=1S/C28H27F6N7O/c1-42-24-4-2-3-17-11-18(23(35-25(17)24)15-41(21-5-6-21)22-7-8-22)14-40(26-36-38-39-37-26)13-16-9-19(27(29,30)31)12-20(10-16)28(32,33)34/h2-4,9-12,21-22H,5-8,13-15H2,1H3,(H,36,37,38,39). The van der Waals surface area contributed by atoms with Crippen LogP contribution in [0.1, 0.15) is 53.6 Å². The van der Waals surface area contributed by atoms with Gasteiger partial charge in [-0.25, -0.2) is 4.98 Å². The van der Waals surface area contributed by atoms with E-state index < -0.39 is 23.5 Å². The minimum atomic E-state index is -4.96. The third-order valence-corrected chi connectivity index (χ3v) is 7.56. The maximum atomic E-state index is 13.6. The van der Waals surface area contributed by atoms with E-state index in [2.05, 4.69) is 25.5 Å². The van der Waals surface area contributed by atoms with Gasteiger partial charge in [-0.2, -0.15) is 31.6 Å². The van der Waals surface area contributed by atoms with Crippen LogP contribution in [0.25, 0.3) is 10.9 Å². The van der Waals surface area contributed by atoms with Crippen molar-refractivity contribution in [2.75, 3.05) is 12.0 Å². The first-order valence-corrected chi connectivity index (χ1v) is 13.5. The fraction of sp³-hybridized carbons (Fsp3) is 0.429. The molecule has 2 aliphatic carbocycles. The molecule has 0 amide bonds. The Balaban J connectivity index is 1.41. The molecule has 0 saturated heterocycles. The molecule has 2 aliphatic rings. The van der Waals surface area contributed by atoms with E-state index in [0.717, 1.165) is 42.3 Å². The van der Waals surface area contributed by atoms with Crippen molar-refractivity contribution < 1.29 is 31.1 Å². The summed E-state index contributed by atoms with van der Waals surface area (Å²) >= 11 is 0. The molecule has 2 fully saturated rings. The zero-order valence-corrected chi connectivity index (χ0v) is 22.5. The lowest BCUT2D eigenvalue weighted by Gasteiger charge is -2.26. The number of tetrazole rings is 1. The number of hydrogen-bond donors (Lipinski definition) is 1. The highest BCUT2D eigenvalue weighted by atomic mass is 19.4. The molecule has 4 aromatic rings. The number of para-hydroxylation sites is 1. The Morgan fingerprint density at radius 1 is 0.881 bits per heavy atom. The van der Waals surface area contributed by atoms with Crippen molar-refractivity contribution in [1.29, 1.82) is 0 Å². The minimum Gasteiger partial charge on any atom is -0.494 e. The highest BCUT2D eigenvalue weighted by molar-refractivity contribution is 5.85. The number of hydrogen-bond acceptors (Lipinski definition) is 7. The van der Waals surface area contributed by atoms with E-state index in [1.165, 1.54) is 4.90 Å². The van der Waals surface area contributed by atoms with Crippen LogP contribution in [0.2, 0.25) is 0 Å². The van der Waals surface area contributed by atoms with Crippen LogP contribution in [0, 0.1) is 0 Å². The van der Waals surface area contributed by atoms with E-state index in [9.17, 15) is 26.3 Å². The van der Waals surface area contributed by atoms with Crippen LogP contribution in [0.4, 0.5) is 32.3 Å². The Bertz CT molecular complexity index is 1520. The highest BCUT2D eigenvalue weighted by Crippen LogP contribution is 2.40. The van der Waals surface area contributed by atoms with Crippen LogP contribution in [0.3, 0.4) is 0 Å². The maximum Gasteiger partial charge on any atom is 0.416 e. The SMILES string of the molecule is COc1cccc2cc(CN(Cc3cc(C(F)(F)F)cc(C(F)(F)F)c3)c3nn[nH]n3)c(CN(C3CC3)C3CC3)nc12. The zero-order chi connectivity index (χ0) is 29.6. The summed E-state index contributed by atoms with van der Waals surface area (Å²) < 4.78 is 87.0. The van der Waals surface area contributed by atoms with Gasteiger partial charge in [-0.1, -0.05) is 17.2 Å². The molecule has 0 unspecified atom stereocenters. The first-order chi connectivity index (χ1) is 20.0. The molecular formula is C28H27F6N7O. The van der Waals surface area contributed by atoms with Gasteiger partial charge in [0.15, 0.2) is 0 Å². The number of nitrogens with one attached hydrogen (secondary N) is 1. The second-order valence-electron chi connectivity index (χ2n) is 10.7. The van der Waals surface area contributed by atoms with Crippen LogP contribution >= 0.6 is 0 Å². The maximum absolute atomic E-state index is 13.6. The molecule has 0 radical (unpaired) electrons. The summed E-state index contributed by atoms with van der Waals surface area (Å²) in [5.74, 6) is 0.627. The summed E-state index contributed by atoms with van der Waals surface area (Å²) in [6, 6.07) is 9.94. The second kappa shape index (κ2) is 10.7. The third-order valence-electron chi connectivity index (χ3n) is 7.56. The molecule has 0 aliphatic heterocycles. The fourth-order valence-electron chi connectivity index (χ4n) is 5.26. The van der Waals surface area contributed by atoms with Crippen LogP contribution in [0.15, 0.2) is 42.5 Å². The molecule has 8 nitrogen and oxygen atoms in total. The van der Waals surface area contributed by atoms with Gasteiger partial charge >= 0.3 is 12.4 Å². The number of pyridine rings is 1. The molecule has 0 bridgehead atoms. The van der Waals surface area contributed by atoms with Crippen molar-refractivity contribution in [3.8, 4) is 5.75 Å². The molecule has 1 N–H and O–H groups in total. The molecule has 6 rings (SSSR count). The minimum absolute atomic E-state index is 0.0268. The number of fused-ring (bicyclic) bond motifs is 1. The molecule has 222 valence electrons. The van der Waals surface area contributed by atoms with Gasteiger partial charge in [0.25, 0.3) is 5.95 Å². The number of aromatic nitrogens is 5. The molecule has 14 heteroatoms. The normalized spacial score (nSPS) is 15.9. The monoisotopic (exact) mass is 591 g/mol. The number of nitrogens with zero attached hydrogens (tertiary/aromatic N) is 6. The van der Waals surface area contributed by atoms with Crippen molar-refractivity contribution in [2.45, 2.75) is 69.8 Å². The molecule has 2 aromatic heterocycles. The van der Waals surface area contributed by atoms with Gasteiger partial charge in [0.2, 0.25) is 0 Å². The van der Waals surface area contributed by atoms with Crippen molar-refractivity contribution >= 4 is 16.9 Å². The summed E-state index contributed by atoms with van der Waals surface area (Å²) in [4.78, 5) is 8.91. The Hall–Kier alpha value is -3.94. The molecule has 2 aromatic carbocycles.